The number of ether oxygens (including phenoxy) is 2. The number of benzene rings is 1. The van der Waals surface area contributed by atoms with Crippen molar-refractivity contribution < 1.29 is 14.3 Å². The molecule has 0 saturated carbocycles. The second kappa shape index (κ2) is 8.89. The molecule has 1 aromatic carbocycles. The third-order valence-corrected chi connectivity index (χ3v) is 4.08. The zero-order chi connectivity index (χ0) is 17.5. The third kappa shape index (κ3) is 4.39. The van der Waals surface area contributed by atoms with Gasteiger partial charge in [0.05, 0.1) is 13.2 Å². The molecule has 0 bridgehead atoms. The first kappa shape index (κ1) is 18.5. The summed E-state index contributed by atoms with van der Waals surface area (Å²) < 4.78 is 11.4. The van der Waals surface area contributed by atoms with Crippen LogP contribution in [0.25, 0.3) is 0 Å². The summed E-state index contributed by atoms with van der Waals surface area (Å²) in [6, 6.07) is 5.43. The van der Waals surface area contributed by atoms with E-state index in [4.69, 9.17) is 9.47 Å². The molecule has 2 rings (SSSR count). The number of hydrogen-bond acceptors (Lipinski definition) is 5. The molecule has 1 aliphatic rings. The Morgan fingerprint density at radius 1 is 1.21 bits per heavy atom. The number of carbonyl (C=O) groups excluding carboxylic acids is 1. The number of hydrogen-bond donors (Lipinski definition) is 1. The van der Waals surface area contributed by atoms with Crippen molar-refractivity contribution in [3.63, 3.8) is 0 Å². The highest BCUT2D eigenvalue weighted by molar-refractivity contribution is 5.83. The molecule has 24 heavy (non-hydrogen) atoms. The fourth-order valence-corrected chi connectivity index (χ4v) is 2.95. The smallest absolute Gasteiger partial charge is 0.244 e. The average molecular weight is 335 g/mol. The Kier molecular flexibility index (Phi) is 6.87. The van der Waals surface area contributed by atoms with Gasteiger partial charge < -0.3 is 19.7 Å². The van der Waals surface area contributed by atoms with Crippen LogP contribution in [-0.4, -0.2) is 69.2 Å². The summed E-state index contributed by atoms with van der Waals surface area (Å²) in [5.41, 5.74) is 0.904. The molecule has 6 nitrogen and oxygen atoms in total. The van der Waals surface area contributed by atoms with Gasteiger partial charge in [-0.1, -0.05) is 0 Å². The van der Waals surface area contributed by atoms with Gasteiger partial charge in [-0.3, -0.25) is 9.69 Å². The first-order valence-corrected chi connectivity index (χ1v) is 8.64. The van der Waals surface area contributed by atoms with Gasteiger partial charge in [0.2, 0.25) is 5.91 Å². The van der Waals surface area contributed by atoms with Crippen molar-refractivity contribution in [2.24, 2.45) is 0 Å². The van der Waals surface area contributed by atoms with Gasteiger partial charge in [-0.2, -0.15) is 0 Å². The molecule has 1 amide bonds. The van der Waals surface area contributed by atoms with Gasteiger partial charge >= 0.3 is 0 Å². The molecule has 1 unspecified atom stereocenters. The Balaban J connectivity index is 2.41. The second-order valence-corrected chi connectivity index (χ2v) is 5.99. The van der Waals surface area contributed by atoms with Crippen LogP contribution in [-0.2, 0) is 4.79 Å². The van der Waals surface area contributed by atoms with Gasteiger partial charge in [0.25, 0.3) is 0 Å². The first-order valence-electron chi connectivity index (χ1n) is 8.64. The van der Waals surface area contributed by atoms with Crippen LogP contribution >= 0.6 is 0 Å². The quantitative estimate of drug-likeness (QED) is 0.819. The van der Waals surface area contributed by atoms with Crippen LogP contribution in [0.15, 0.2) is 18.2 Å². The Morgan fingerprint density at radius 2 is 1.88 bits per heavy atom. The van der Waals surface area contributed by atoms with Gasteiger partial charge in [0, 0.05) is 51.9 Å². The lowest BCUT2D eigenvalue weighted by Gasteiger charge is -2.36. The van der Waals surface area contributed by atoms with E-state index in [1.807, 2.05) is 32.0 Å². The van der Waals surface area contributed by atoms with Crippen molar-refractivity contribution in [1.29, 1.82) is 0 Å². The summed E-state index contributed by atoms with van der Waals surface area (Å²) in [5, 5.41) is 3.34. The Morgan fingerprint density at radius 3 is 2.46 bits per heavy atom. The van der Waals surface area contributed by atoms with Crippen molar-refractivity contribution in [3.8, 4) is 11.5 Å². The second-order valence-electron chi connectivity index (χ2n) is 5.99. The summed E-state index contributed by atoms with van der Waals surface area (Å²) in [6.07, 6.45) is 0. The minimum absolute atomic E-state index is 0.0713. The van der Waals surface area contributed by atoms with Crippen molar-refractivity contribution in [3.05, 3.63) is 23.8 Å². The van der Waals surface area contributed by atoms with Crippen molar-refractivity contribution in [2.45, 2.75) is 19.9 Å². The molecular weight excluding hydrogens is 306 g/mol. The monoisotopic (exact) mass is 335 g/mol. The molecular formula is C18H29N3O3. The summed E-state index contributed by atoms with van der Waals surface area (Å²) in [5.74, 6) is 1.56. The predicted octanol–water partition coefficient (Wildman–Crippen LogP) is 1.52. The van der Waals surface area contributed by atoms with Gasteiger partial charge in [0.1, 0.15) is 17.5 Å². The van der Waals surface area contributed by atoms with E-state index in [0.29, 0.717) is 13.2 Å². The number of piperazine rings is 1. The Bertz CT molecular complexity index is 542. The molecule has 1 heterocycles. The van der Waals surface area contributed by atoms with Crippen LogP contribution in [0.2, 0.25) is 0 Å². The predicted molar refractivity (Wildman–Crippen MR) is 94.7 cm³/mol. The van der Waals surface area contributed by atoms with Crippen molar-refractivity contribution in [1.82, 2.24) is 15.1 Å². The fraction of sp³-hybridized carbons (Fsp3) is 0.611. The number of rotatable bonds is 7. The molecule has 1 saturated heterocycles. The topological polar surface area (TPSA) is 54.0 Å². The normalized spacial score (nSPS) is 16.5. The molecule has 1 N–H and O–H groups in total. The molecule has 1 fully saturated rings. The van der Waals surface area contributed by atoms with Gasteiger partial charge in [-0.15, -0.1) is 0 Å². The van der Waals surface area contributed by atoms with E-state index >= 15 is 0 Å². The van der Waals surface area contributed by atoms with E-state index < -0.39 is 0 Å². The number of amides is 1. The lowest BCUT2D eigenvalue weighted by Crippen LogP contribution is -2.49. The summed E-state index contributed by atoms with van der Waals surface area (Å²) in [7, 11) is 3.60. The van der Waals surface area contributed by atoms with E-state index in [9.17, 15) is 4.79 Å². The minimum Gasteiger partial charge on any atom is -0.494 e. The standard InChI is InChI=1S/C18H29N3O3/c1-5-23-14-7-8-15(16(13-14)24-6-2)17(18(22)20(3)4)21-11-9-19-10-12-21/h7-8,13,17,19H,5-6,9-12H2,1-4H3. The molecule has 6 heteroatoms. The maximum atomic E-state index is 12.9. The Labute approximate surface area is 144 Å². The van der Waals surface area contributed by atoms with Gasteiger partial charge in [0.15, 0.2) is 0 Å². The zero-order valence-corrected chi connectivity index (χ0v) is 15.2. The SMILES string of the molecule is CCOc1ccc(C(C(=O)N(C)C)N2CCNCC2)c(OCC)c1. The van der Waals surface area contributed by atoms with Crippen LogP contribution in [0.4, 0.5) is 0 Å². The van der Waals surface area contributed by atoms with E-state index in [0.717, 1.165) is 43.2 Å². The number of nitrogens with one attached hydrogen (secondary N) is 1. The molecule has 0 aromatic heterocycles. The Hall–Kier alpha value is -1.79. The van der Waals surface area contributed by atoms with Crippen LogP contribution < -0.4 is 14.8 Å². The average Bonchev–Trinajstić information content (AvgIpc) is 2.58. The third-order valence-electron chi connectivity index (χ3n) is 4.08. The van der Waals surface area contributed by atoms with Crippen LogP contribution in [0.3, 0.4) is 0 Å². The van der Waals surface area contributed by atoms with E-state index in [-0.39, 0.29) is 11.9 Å². The van der Waals surface area contributed by atoms with E-state index in [2.05, 4.69) is 10.2 Å². The molecule has 0 aliphatic carbocycles. The van der Waals surface area contributed by atoms with E-state index in [1.54, 1.807) is 19.0 Å². The first-order chi connectivity index (χ1) is 11.6. The largest absolute Gasteiger partial charge is 0.494 e. The maximum absolute atomic E-state index is 12.9. The number of likely N-dealkylation sites (N-methyl/N-ethyl adjacent to an activating group) is 1. The molecule has 1 atom stereocenters. The molecule has 0 radical (unpaired) electrons. The zero-order valence-electron chi connectivity index (χ0n) is 15.2. The van der Waals surface area contributed by atoms with Gasteiger partial charge in [-0.25, -0.2) is 0 Å². The molecule has 1 aliphatic heterocycles. The van der Waals surface area contributed by atoms with Crippen LogP contribution in [0, 0.1) is 0 Å². The van der Waals surface area contributed by atoms with Crippen LogP contribution in [0.1, 0.15) is 25.5 Å². The highest BCUT2D eigenvalue weighted by Gasteiger charge is 2.32. The van der Waals surface area contributed by atoms with E-state index in [1.165, 1.54) is 0 Å². The molecule has 1 aromatic rings. The highest BCUT2D eigenvalue weighted by atomic mass is 16.5. The van der Waals surface area contributed by atoms with Crippen molar-refractivity contribution in [2.75, 3.05) is 53.5 Å². The molecule has 0 spiro atoms. The minimum atomic E-state index is -0.334. The number of carbonyl (C=O) groups is 1. The maximum Gasteiger partial charge on any atom is 0.244 e. The summed E-state index contributed by atoms with van der Waals surface area (Å²) >= 11 is 0. The summed E-state index contributed by atoms with van der Waals surface area (Å²) in [4.78, 5) is 16.8. The number of nitrogens with zero attached hydrogens (tertiary/aromatic N) is 2. The lowest BCUT2D eigenvalue weighted by molar-refractivity contribution is -0.135. The van der Waals surface area contributed by atoms with Gasteiger partial charge in [-0.05, 0) is 26.0 Å². The summed E-state index contributed by atoms with van der Waals surface area (Å²) in [6.45, 7) is 8.50. The van der Waals surface area contributed by atoms with Crippen LogP contribution in [0.5, 0.6) is 11.5 Å². The lowest BCUT2D eigenvalue weighted by atomic mass is 10.0. The fourth-order valence-electron chi connectivity index (χ4n) is 2.95. The van der Waals surface area contributed by atoms with Crippen molar-refractivity contribution >= 4 is 5.91 Å². The highest BCUT2D eigenvalue weighted by Crippen LogP contribution is 2.34. The molecule has 134 valence electrons.